The van der Waals surface area contributed by atoms with Crippen molar-refractivity contribution in [2.45, 2.75) is 16.7 Å². The third-order valence-corrected chi connectivity index (χ3v) is 11.8. The van der Waals surface area contributed by atoms with Gasteiger partial charge in [-0.2, -0.15) is 0 Å². The lowest BCUT2D eigenvalue weighted by Gasteiger charge is -2.10. The molecular weight excluding hydrogens is 671 g/mol. The molecule has 53 heavy (non-hydrogen) atoms. The highest BCUT2D eigenvalue weighted by atomic mass is 32.2. The quantitative estimate of drug-likeness (QED) is 0.128. The van der Waals surface area contributed by atoms with Crippen LogP contribution in [-0.2, 0) is 9.84 Å². The van der Waals surface area contributed by atoms with Gasteiger partial charge in [-0.05, 0) is 72.1 Å². The number of hydrogen-bond donors (Lipinski definition) is 0. The molecule has 0 spiro atoms. The summed E-state index contributed by atoms with van der Waals surface area (Å²) in [6.45, 7) is 6.27. The first-order valence-corrected chi connectivity index (χ1v) is 18.9. The van der Waals surface area contributed by atoms with Gasteiger partial charge in [-0.3, -0.25) is 0 Å². The molecule has 0 saturated heterocycles. The molecule has 0 fully saturated rings. The zero-order valence-electron chi connectivity index (χ0n) is 28.9. The summed E-state index contributed by atoms with van der Waals surface area (Å²) < 4.78 is 29.8. The van der Waals surface area contributed by atoms with E-state index in [1.54, 1.807) is 18.2 Å². The average molecular weight is 704 g/mol. The molecule has 0 aliphatic carbocycles. The van der Waals surface area contributed by atoms with Gasteiger partial charge < -0.3 is 4.57 Å². The zero-order valence-corrected chi connectivity index (χ0v) is 29.8. The summed E-state index contributed by atoms with van der Waals surface area (Å²) in [5.41, 5.74) is 10.5. The first-order valence-electron chi connectivity index (χ1n) is 17.4. The van der Waals surface area contributed by atoms with E-state index in [0.717, 1.165) is 44.7 Å². The van der Waals surface area contributed by atoms with Gasteiger partial charge in [-0.15, -0.1) is 0 Å². The number of benzene rings is 7. The second-order valence-electron chi connectivity index (χ2n) is 13.2. The van der Waals surface area contributed by atoms with E-state index in [0.29, 0.717) is 33.1 Å². The molecular formula is C47H33N3O2S. The van der Waals surface area contributed by atoms with Crippen LogP contribution in [-0.4, -0.2) is 24.5 Å². The van der Waals surface area contributed by atoms with E-state index in [1.165, 1.54) is 10.8 Å². The van der Waals surface area contributed by atoms with Crippen LogP contribution in [0.1, 0.15) is 23.6 Å². The van der Waals surface area contributed by atoms with Crippen molar-refractivity contribution in [2.75, 3.05) is 0 Å². The van der Waals surface area contributed by atoms with Crippen molar-refractivity contribution < 1.29 is 8.42 Å². The van der Waals surface area contributed by atoms with Crippen molar-refractivity contribution in [1.82, 2.24) is 4.57 Å². The van der Waals surface area contributed by atoms with E-state index in [2.05, 4.69) is 83.9 Å². The Labute approximate surface area is 308 Å². The Balaban J connectivity index is 1.08. The van der Waals surface area contributed by atoms with Crippen molar-refractivity contribution in [3.63, 3.8) is 0 Å². The second-order valence-corrected chi connectivity index (χ2v) is 15.0. The molecule has 1 aromatic heterocycles. The van der Waals surface area contributed by atoms with Crippen molar-refractivity contribution in [2.24, 2.45) is 9.98 Å². The van der Waals surface area contributed by atoms with Crippen LogP contribution in [0.25, 0.3) is 55.4 Å². The summed E-state index contributed by atoms with van der Waals surface area (Å²) in [5, 5.41) is 2.43. The van der Waals surface area contributed by atoms with Crippen molar-refractivity contribution >= 4 is 48.9 Å². The Kier molecular flexibility index (Phi) is 7.83. The number of nitrogens with zero attached hydrogens (tertiary/aromatic N) is 3. The minimum atomic E-state index is -3.69. The Morgan fingerprint density at radius 1 is 0.528 bits per heavy atom. The predicted molar refractivity (Wildman–Crippen MR) is 218 cm³/mol. The van der Waals surface area contributed by atoms with Gasteiger partial charge in [0.15, 0.2) is 5.84 Å². The topological polar surface area (TPSA) is 63.8 Å². The molecule has 0 saturated carbocycles. The molecule has 0 bridgehead atoms. The van der Waals surface area contributed by atoms with Crippen molar-refractivity contribution in [3.05, 3.63) is 193 Å². The molecule has 0 amide bonds. The third-order valence-electron chi connectivity index (χ3n) is 9.94. The zero-order chi connectivity index (χ0) is 36.1. The minimum absolute atomic E-state index is 0.285. The number of aromatic nitrogens is 1. The molecule has 1 aliphatic heterocycles. The number of rotatable bonds is 6. The van der Waals surface area contributed by atoms with E-state index in [4.69, 9.17) is 9.98 Å². The number of hydrogen-bond acceptors (Lipinski definition) is 3. The van der Waals surface area contributed by atoms with Crippen LogP contribution in [0.3, 0.4) is 0 Å². The number of sulfone groups is 1. The number of fused-ring (bicyclic) bond motifs is 6. The smallest absolute Gasteiger partial charge is 0.207 e. The van der Waals surface area contributed by atoms with Gasteiger partial charge >= 0.3 is 0 Å². The summed E-state index contributed by atoms with van der Waals surface area (Å²) in [6.07, 6.45) is 0. The van der Waals surface area contributed by atoms with Gasteiger partial charge in [0.25, 0.3) is 0 Å². The fraction of sp³-hybridized carbons (Fsp3) is 0.0213. The van der Waals surface area contributed by atoms with Crippen LogP contribution in [0.5, 0.6) is 0 Å². The lowest BCUT2D eigenvalue weighted by molar-refractivity contribution is 0.598. The summed E-state index contributed by atoms with van der Waals surface area (Å²) >= 11 is 0. The third kappa shape index (κ3) is 5.61. The maximum atomic E-state index is 13.7. The molecule has 2 heterocycles. The Morgan fingerprint density at radius 3 is 1.70 bits per heavy atom. The minimum Gasteiger partial charge on any atom is -0.309 e. The number of para-hydroxylation sites is 2. The van der Waals surface area contributed by atoms with Crippen LogP contribution < -0.4 is 0 Å². The number of aliphatic imine (C=N–C) groups is 2. The van der Waals surface area contributed by atoms with Gasteiger partial charge in [-0.1, -0.05) is 128 Å². The monoisotopic (exact) mass is 703 g/mol. The van der Waals surface area contributed by atoms with Crippen LogP contribution in [0, 0.1) is 0 Å². The van der Waals surface area contributed by atoms with E-state index in [9.17, 15) is 8.42 Å². The Hall–Kier alpha value is -6.63. The first-order chi connectivity index (χ1) is 25.9. The fourth-order valence-electron chi connectivity index (χ4n) is 7.27. The van der Waals surface area contributed by atoms with Crippen LogP contribution in [0.2, 0.25) is 0 Å². The fourth-order valence-corrected chi connectivity index (χ4v) is 8.92. The normalized spacial score (nSPS) is 13.6. The van der Waals surface area contributed by atoms with E-state index in [1.807, 2.05) is 85.8 Å². The van der Waals surface area contributed by atoms with Crippen LogP contribution in [0.15, 0.2) is 196 Å². The first kappa shape index (κ1) is 32.3. The maximum absolute atomic E-state index is 13.7. The molecule has 1 aliphatic rings. The van der Waals surface area contributed by atoms with Gasteiger partial charge in [0, 0.05) is 44.4 Å². The van der Waals surface area contributed by atoms with Crippen molar-refractivity contribution in [1.29, 1.82) is 0 Å². The van der Waals surface area contributed by atoms with Gasteiger partial charge in [0.2, 0.25) is 9.84 Å². The van der Waals surface area contributed by atoms with Crippen LogP contribution in [0.4, 0.5) is 0 Å². The van der Waals surface area contributed by atoms with E-state index in [-0.39, 0.29) is 4.90 Å². The predicted octanol–water partition coefficient (Wildman–Crippen LogP) is 11.2. The summed E-state index contributed by atoms with van der Waals surface area (Å²) in [4.78, 5) is 10.4. The van der Waals surface area contributed by atoms with Crippen molar-refractivity contribution in [3.8, 4) is 27.9 Å². The Bertz CT molecular complexity index is 2850. The molecule has 0 unspecified atom stereocenters. The highest BCUT2D eigenvalue weighted by Gasteiger charge is 2.33. The van der Waals surface area contributed by atoms with E-state index >= 15 is 0 Å². The maximum Gasteiger partial charge on any atom is 0.207 e. The molecule has 5 nitrogen and oxygen atoms in total. The molecule has 9 rings (SSSR count). The largest absolute Gasteiger partial charge is 0.309 e. The van der Waals surface area contributed by atoms with Gasteiger partial charge in [-0.25, -0.2) is 18.4 Å². The highest BCUT2D eigenvalue weighted by molar-refractivity contribution is 7.92. The lowest BCUT2D eigenvalue weighted by atomic mass is 9.97. The standard InChI is InChI=1S/C47H33N3O2S/c1-31(33-13-5-3-6-14-33)48-47(35-15-7-4-8-16-35)49-32(2)36-23-27-45-41(29-36)42-30-37(24-28-46(42)53(45,51)52)34-21-25-38(26-22-34)50-43-19-11-9-17-39(43)40-18-10-12-20-44(40)50/h3-30H,2H2,1H3. The molecule has 8 aromatic rings. The van der Waals surface area contributed by atoms with E-state index < -0.39 is 9.84 Å². The highest BCUT2D eigenvalue weighted by Crippen LogP contribution is 2.46. The molecule has 0 atom stereocenters. The summed E-state index contributed by atoms with van der Waals surface area (Å²) in [6, 6.07) is 56.0. The van der Waals surface area contributed by atoms with Gasteiger partial charge in [0.05, 0.1) is 26.5 Å². The van der Waals surface area contributed by atoms with Crippen LogP contribution >= 0.6 is 0 Å². The number of amidine groups is 1. The lowest BCUT2D eigenvalue weighted by Crippen LogP contribution is -2.04. The molecule has 7 aromatic carbocycles. The Morgan fingerprint density at radius 2 is 1.06 bits per heavy atom. The molecule has 0 radical (unpaired) electrons. The molecule has 0 N–H and O–H groups in total. The second kappa shape index (κ2) is 12.9. The SMILES string of the molecule is C=C(N=C(N=C(C)c1ccccc1)c1ccccc1)c1ccc2c(c1)-c1cc(-c3ccc(-n4c5ccccc5c5ccccc54)cc3)ccc1S2(=O)=O. The molecule has 6 heteroatoms. The summed E-state index contributed by atoms with van der Waals surface area (Å²) in [5.74, 6) is 0.525. The summed E-state index contributed by atoms with van der Waals surface area (Å²) in [7, 11) is -3.69. The average Bonchev–Trinajstić information content (AvgIpc) is 3.66. The molecule has 254 valence electrons. The van der Waals surface area contributed by atoms with Gasteiger partial charge in [0.1, 0.15) is 0 Å².